The predicted octanol–water partition coefficient (Wildman–Crippen LogP) is 13.4. The van der Waals surface area contributed by atoms with Gasteiger partial charge < -0.3 is 0 Å². The van der Waals surface area contributed by atoms with Crippen molar-refractivity contribution in [1.29, 1.82) is 0 Å². The van der Waals surface area contributed by atoms with E-state index < -0.39 is 0 Å². The summed E-state index contributed by atoms with van der Waals surface area (Å²) in [5.74, 6) is 0.806. The van der Waals surface area contributed by atoms with Gasteiger partial charge in [-0.3, -0.25) is 0 Å². The third-order valence-corrected chi connectivity index (χ3v) is 9.75. The summed E-state index contributed by atoms with van der Waals surface area (Å²) < 4.78 is 0. The van der Waals surface area contributed by atoms with E-state index in [2.05, 4.69) is 112 Å². The van der Waals surface area contributed by atoms with E-state index in [0.717, 1.165) is 5.92 Å². The highest BCUT2D eigenvalue weighted by Crippen LogP contribution is 2.43. The van der Waals surface area contributed by atoms with Gasteiger partial charge in [-0.25, -0.2) is 0 Å². The molecule has 0 saturated carbocycles. The molecule has 224 valence electrons. The summed E-state index contributed by atoms with van der Waals surface area (Å²) in [5, 5.41) is 0. The van der Waals surface area contributed by atoms with Crippen molar-refractivity contribution in [2.75, 3.05) is 0 Å². The van der Waals surface area contributed by atoms with E-state index in [1.807, 2.05) is 0 Å². The van der Waals surface area contributed by atoms with Crippen molar-refractivity contribution in [2.45, 2.75) is 153 Å². The van der Waals surface area contributed by atoms with Crippen LogP contribution in [0.5, 0.6) is 0 Å². The van der Waals surface area contributed by atoms with Gasteiger partial charge in [-0.15, -0.1) is 0 Å². The summed E-state index contributed by atoms with van der Waals surface area (Å²) in [6.45, 7) is 23.6. The molecule has 1 atom stereocenters. The Morgan fingerprint density at radius 3 is 2.15 bits per heavy atom. The van der Waals surface area contributed by atoms with Crippen LogP contribution in [0.3, 0.4) is 0 Å². The second-order valence-electron chi connectivity index (χ2n) is 14.6. The van der Waals surface area contributed by atoms with Gasteiger partial charge in [0.2, 0.25) is 0 Å². The summed E-state index contributed by atoms with van der Waals surface area (Å²) in [4.78, 5) is 0. The number of allylic oxidation sites excluding steroid dienone is 14. The first-order chi connectivity index (χ1) is 18.8. The van der Waals surface area contributed by atoms with Crippen LogP contribution in [0.1, 0.15) is 153 Å². The van der Waals surface area contributed by atoms with Crippen LogP contribution in [-0.2, 0) is 0 Å². The van der Waals surface area contributed by atoms with Crippen LogP contribution in [0.25, 0.3) is 0 Å². The molecule has 0 fully saturated rings. The molecule has 1 unspecified atom stereocenters. The van der Waals surface area contributed by atoms with E-state index >= 15 is 0 Å². The molecule has 0 bridgehead atoms. The zero-order valence-electron chi connectivity index (χ0n) is 28.3. The minimum absolute atomic E-state index is 0.310. The zero-order chi connectivity index (χ0) is 29.8. The van der Waals surface area contributed by atoms with Gasteiger partial charge in [0.05, 0.1) is 0 Å². The van der Waals surface area contributed by atoms with Crippen LogP contribution in [0.15, 0.2) is 81.5 Å². The van der Waals surface area contributed by atoms with E-state index in [9.17, 15) is 0 Å². The Bertz CT molecular complexity index is 1020. The molecule has 0 heteroatoms. The molecular weight excluding hydrogens is 480 g/mol. The van der Waals surface area contributed by atoms with E-state index in [1.165, 1.54) is 94.6 Å². The van der Waals surface area contributed by atoms with E-state index in [1.54, 1.807) is 27.9 Å². The highest BCUT2D eigenvalue weighted by atomic mass is 14.3. The molecular formula is C40H64. The zero-order valence-corrected chi connectivity index (χ0v) is 28.3. The Kier molecular flexibility index (Phi) is 14.3. The predicted molar refractivity (Wildman–Crippen MR) is 182 cm³/mol. The maximum Gasteiger partial charge on any atom is -0.0104 e. The lowest BCUT2D eigenvalue weighted by molar-refractivity contribution is 0.354. The molecule has 0 heterocycles. The smallest absolute Gasteiger partial charge is 0.0104 e. The van der Waals surface area contributed by atoms with Crippen LogP contribution in [0, 0.1) is 16.7 Å². The fourth-order valence-corrected chi connectivity index (χ4v) is 6.91. The largest absolute Gasteiger partial charge is 0.0856 e. The van der Waals surface area contributed by atoms with Gasteiger partial charge in [0.25, 0.3) is 0 Å². The van der Waals surface area contributed by atoms with E-state index in [4.69, 9.17) is 0 Å². The standard InChI is InChI=1S/C40H64/c1-31(19-13-21-33(3)25-27-37-35(5)23-15-29-39(37,7)8)17-11-12-18-32(2)20-14-22-34(4)26-28-38-36(6)24-16-30-40(38,9)10/h13,17,19,21-22,25,27,32H,11-12,14-16,18,20,23-24,26,28-30H2,1-10H3/b19-13+,27-25+,31-17+,33-21+,34-22+. The van der Waals surface area contributed by atoms with Gasteiger partial charge in [-0.05, 0) is 134 Å². The molecule has 0 aliphatic heterocycles. The molecule has 40 heavy (non-hydrogen) atoms. The maximum atomic E-state index is 2.52. The molecule has 2 aliphatic rings. The van der Waals surface area contributed by atoms with Crippen LogP contribution in [0.4, 0.5) is 0 Å². The van der Waals surface area contributed by atoms with E-state index in [0.29, 0.717) is 10.8 Å². The Morgan fingerprint density at radius 2 is 1.48 bits per heavy atom. The average Bonchev–Trinajstić information content (AvgIpc) is 2.85. The van der Waals surface area contributed by atoms with Crippen LogP contribution >= 0.6 is 0 Å². The minimum atomic E-state index is 0.310. The van der Waals surface area contributed by atoms with Gasteiger partial charge in [-0.2, -0.15) is 0 Å². The molecule has 0 saturated heterocycles. The molecule has 2 rings (SSSR count). The lowest BCUT2D eigenvalue weighted by Gasteiger charge is -2.35. The Hall–Kier alpha value is -1.82. The van der Waals surface area contributed by atoms with Gasteiger partial charge in [0, 0.05) is 0 Å². The normalized spacial score (nSPS) is 21.7. The van der Waals surface area contributed by atoms with Crippen molar-refractivity contribution in [3.05, 3.63) is 81.5 Å². The topological polar surface area (TPSA) is 0 Å². The van der Waals surface area contributed by atoms with Gasteiger partial charge in [0.1, 0.15) is 0 Å². The van der Waals surface area contributed by atoms with E-state index in [-0.39, 0.29) is 0 Å². The number of unbranched alkanes of at least 4 members (excludes halogenated alkanes) is 1. The maximum absolute atomic E-state index is 2.52. The van der Waals surface area contributed by atoms with Crippen molar-refractivity contribution in [2.24, 2.45) is 16.7 Å². The molecule has 0 aromatic heterocycles. The summed E-state index contributed by atoms with van der Waals surface area (Å²) in [7, 11) is 0. The van der Waals surface area contributed by atoms with Crippen molar-refractivity contribution < 1.29 is 0 Å². The number of hydrogen-bond donors (Lipinski definition) is 0. The van der Waals surface area contributed by atoms with Crippen molar-refractivity contribution >= 4 is 0 Å². The number of rotatable bonds is 14. The molecule has 0 N–H and O–H groups in total. The van der Waals surface area contributed by atoms with Crippen LogP contribution in [-0.4, -0.2) is 0 Å². The quantitative estimate of drug-likeness (QED) is 0.116. The summed E-state index contributed by atoms with van der Waals surface area (Å²) in [6, 6.07) is 0. The SMILES string of the molecule is CC1=C(/C=C/C(C)=C/C=C/C(C)=C/CCCC(C)CC/C=C(\C)CCC2=C(C)CCCC2(C)C)C(C)(C)CCC1. The fourth-order valence-electron chi connectivity index (χ4n) is 6.91. The minimum Gasteiger partial charge on any atom is -0.0856 e. The fraction of sp³-hybridized carbons (Fsp3) is 0.650. The first-order valence-electron chi connectivity index (χ1n) is 16.6. The third kappa shape index (κ3) is 12.0. The summed E-state index contributed by atoms with van der Waals surface area (Å²) in [6.07, 6.45) is 33.1. The van der Waals surface area contributed by atoms with Crippen LogP contribution in [0.2, 0.25) is 0 Å². The van der Waals surface area contributed by atoms with Gasteiger partial charge in [-0.1, -0.05) is 117 Å². The second-order valence-corrected chi connectivity index (χ2v) is 14.6. The van der Waals surface area contributed by atoms with Crippen LogP contribution < -0.4 is 0 Å². The third-order valence-electron chi connectivity index (χ3n) is 9.75. The summed E-state index contributed by atoms with van der Waals surface area (Å²) in [5.41, 5.74) is 11.5. The lowest BCUT2D eigenvalue weighted by Crippen LogP contribution is -2.20. The highest BCUT2D eigenvalue weighted by molar-refractivity contribution is 5.37. The first kappa shape index (κ1) is 34.4. The number of hydrogen-bond acceptors (Lipinski definition) is 0. The molecule has 0 spiro atoms. The van der Waals surface area contributed by atoms with Crippen molar-refractivity contribution in [3.8, 4) is 0 Å². The Balaban J connectivity index is 1.68. The molecule has 0 aromatic rings. The molecule has 0 radical (unpaired) electrons. The molecule has 2 aliphatic carbocycles. The average molecular weight is 545 g/mol. The second kappa shape index (κ2) is 16.6. The Labute approximate surface area is 250 Å². The monoisotopic (exact) mass is 545 g/mol. The highest BCUT2D eigenvalue weighted by Gasteiger charge is 2.28. The summed E-state index contributed by atoms with van der Waals surface area (Å²) >= 11 is 0. The van der Waals surface area contributed by atoms with Gasteiger partial charge >= 0.3 is 0 Å². The van der Waals surface area contributed by atoms with Crippen molar-refractivity contribution in [1.82, 2.24) is 0 Å². The molecule has 0 aromatic carbocycles. The molecule has 0 nitrogen and oxygen atoms in total. The van der Waals surface area contributed by atoms with Crippen molar-refractivity contribution in [3.63, 3.8) is 0 Å². The first-order valence-corrected chi connectivity index (χ1v) is 16.6. The lowest BCUT2D eigenvalue weighted by atomic mass is 9.71. The molecule has 0 amide bonds. The Morgan fingerprint density at radius 1 is 0.800 bits per heavy atom. The van der Waals surface area contributed by atoms with Gasteiger partial charge in [0.15, 0.2) is 0 Å².